The molecule has 0 bridgehead atoms. The molecule has 0 radical (unpaired) electrons. The number of aliphatic carboxylic acids is 1. The van der Waals surface area contributed by atoms with Crippen LogP contribution in [0.5, 0.6) is 0 Å². The maximum absolute atomic E-state index is 11.9. The van der Waals surface area contributed by atoms with E-state index in [1.807, 2.05) is 31.2 Å². The molecular weight excluding hydrogens is 256 g/mol. The zero-order chi connectivity index (χ0) is 15.3. The summed E-state index contributed by atoms with van der Waals surface area (Å²) in [5, 5.41) is 11.6. The highest BCUT2D eigenvalue weighted by molar-refractivity contribution is 5.77. The number of rotatable bonds is 5. The molecule has 5 heteroatoms. The van der Waals surface area contributed by atoms with Crippen molar-refractivity contribution in [3.63, 3.8) is 0 Å². The summed E-state index contributed by atoms with van der Waals surface area (Å²) in [7, 11) is 1.69. The molecule has 20 heavy (non-hydrogen) atoms. The Labute approximate surface area is 119 Å². The molecule has 2 amide bonds. The Bertz CT molecular complexity index is 498. The molecule has 0 aliphatic heterocycles. The van der Waals surface area contributed by atoms with Gasteiger partial charge >= 0.3 is 12.0 Å². The SMILES string of the molecule is Cc1ccccc1CN(C)C(=O)NCC(C)(C)C(=O)O. The van der Waals surface area contributed by atoms with Gasteiger partial charge in [0.15, 0.2) is 0 Å². The van der Waals surface area contributed by atoms with Gasteiger partial charge in [-0.25, -0.2) is 4.79 Å². The summed E-state index contributed by atoms with van der Waals surface area (Å²) in [5.74, 6) is -0.931. The molecule has 1 rings (SSSR count). The Morgan fingerprint density at radius 2 is 1.90 bits per heavy atom. The molecule has 0 fully saturated rings. The Hall–Kier alpha value is -2.04. The molecule has 0 aliphatic carbocycles. The van der Waals surface area contributed by atoms with Crippen molar-refractivity contribution in [2.24, 2.45) is 5.41 Å². The van der Waals surface area contributed by atoms with E-state index < -0.39 is 11.4 Å². The fraction of sp³-hybridized carbons (Fsp3) is 0.467. The Morgan fingerprint density at radius 1 is 1.30 bits per heavy atom. The van der Waals surface area contributed by atoms with Crippen LogP contribution in [0, 0.1) is 12.3 Å². The molecule has 0 saturated heterocycles. The summed E-state index contributed by atoms with van der Waals surface area (Å²) >= 11 is 0. The standard InChI is InChI=1S/C15H22N2O3/c1-11-7-5-6-8-12(11)9-17(4)14(20)16-10-15(2,3)13(18)19/h5-8H,9-10H2,1-4H3,(H,16,20)(H,18,19). The van der Waals surface area contributed by atoms with Gasteiger partial charge in [-0.2, -0.15) is 0 Å². The number of carboxylic acids is 1. The smallest absolute Gasteiger partial charge is 0.317 e. The van der Waals surface area contributed by atoms with Gasteiger partial charge in [0.25, 0.3) is 0 Å². The van der Waals surface area contributed by atoms with Crippen LogP contribution in [0.1, 0.15) is 25.0 Å². The monoisotopic (exact) mass is 278 g/mol. The molecule has 5 nitrogen and oxygen atoms in total. The van der Waals surface area contributed by atoms with Crippen LogP contribution in [-0.4, -0.2) is 35.6 Å². The first-order valence-corrected chi connectivity index (χ1v) is 6.51. The third-order valence-corrected chi connectivity index (χ3v) is 3.28. The molecule has 0 unspecified atom stereocenters. The summed E-state index contributed by atoms with van der Waals surface area (Å²) in [6, 6.07) is 7.58. The van der Waals surface area contributed by atoms with Gasteiger partial charge in [-0.15, -0.1) is 0 Å². The average molecular weight is 278 g/mol. The van der Waals surface area contributed by atoms with Crippen molar-refractivity contribution in [3.8, 4) is 0 Å². The Morgan fingerprint density at radius 3 is 2.45 bits per heavy atom. The number of nitrogens with one attached hydrogen (secondary N) is 1. The lowest BCUT2D eigenvalue weighted by Gasteiger charge is -2.23. The third-order valence-electron chi connectivity index (χ3n) is 3.28. The van der Waals surface area contributed by atoms with Crippen LogP contribution in [0.4, 0.5) is 4.79 Å². The summed E-state index contributed by atoms with van der Waals surface area (Å²) < 4.78 is 0. The average Bonchev–Trinajstić information content (AvgIpc) is 2.38. The summed E-state index contributed by atoms with van der Waals surface area (Å²) in [6.45, 7) is 5.74. The topological polar surface area (TPSA) is 69.6 Å². The summed E-state index contributed by atoms with van der Waals surface area (Å²) in [4.78, 5) is 24.5. The first-order valence-electron chi connectivity index (χ1n) is 6.51. The molecular formula is C15H22N2O3. The van der Waals surface area contributed by atoms with Crippen molar-refractivity contribution in [1.29, 1.82) is 0 Å². The predicted molar refractivity (Wildman–Crippen MR) is 77.5 cm³/mol. The minimum Gasteiger partial charge on any atom is -0.481 e. The van der Waals surface area contributed by atoms with Gasteiger partial charge in [-0.3, -0.25) is 4.79 Å². The number of hydrogen-bond donors (Lipinski definition) is 2. The highest BCUT2D eigenvalue weighted by Crippen LogP contribution is 2.14. The van der Waals surface area contributed by atoms with E-state index in [0.717, 1.165) is 11.1 Å². The van der Waals surface area contributed by atoms with E-state index in [2.05, 4.69) is 5.32 Å². The van der Waals surface area contributed by atoms with Crippen LogP contribution < -0.4 is 5.32 Å². The lowest BCUT2D eigenvalue weighted by Crippen LogP contribution is -2.44. The maximum atomic E-state index is 11.9. The van der Waals surface area contributed by atoms with Crippen LogP contribution in [0.2, 0.25) is 0 Å². The van der Waals surface area contributed by atoms with E-state index in [4.69, 9.17) is 5.11 Å². The van der Waals surface area contributed by atoms with E-state index in [-0.39, 0.29) is 12.6 Å². The molecule has 0 atom stereocenters. The number of hydrogen-bond acceptors (Lipinski definition) is 2. The molecule has 110 valence electrons. The van der Waals surface area contributed by atoms with Crippen LogP contribution in [-0.2, 0) is 11.3 Å². The number of urea groups is 1. The number of benzene rings is 1. The first-order chi connectivity index (χ1) is 9.24. The highest BCUT2D eigenvalue weighted by Gasteiger charge is 2.28. The van der Waals surface area contributed by atoms with Gasteiger partial charge in [-0.1, -0.05) is 24.3 Å². The minimum atomic E-state index is -0.973. The normalized spacial score (nSPS) is 11.0. The molecule has 0 aromatic heterocycles. The van der Waals surface area contributed by atoms with Gasteiger partial charge < -0.3 is 15.3 Å². The number of carboxylic acid groups (broad SMARTS) is 1. The fourth-order valence-electron chi connectivity index (χ4n) is 1.62. The van der Waals surface area contributed by atoms with Crippen molar-refractivity contribution >= 4 is 12.0 Å². The third kappa shape index (κ3) is 4.26. The number of nitrogens with zero attached hydrogens (tertiary/aromatic N) is 1. The van der Waals surface area contributed by atoms with E-state index in [1.54, 1.807) is 25.8 Å². The summed E-state index contributed by atoms with van der Waals surface area (Å²) in [5.41, 5.74) is 1.22. The number of aryl methyl sites for hydroxylation is 1. The first kappa shape index (κ1) is 16.0. The van der Waals surface area contributed by atoms with Crippen LogP contribution in [0.15, 0.2) is 24.3 Å². The van der Waals surface area contributed by atoms with Crippen molar-refractivity contribution in [3.05, 3.63) is 35.4 Å². The second kappa shape index (κ2) is 6.41. The largest absolute Gasteiger partial charge is 0.481 e. The second-order valence-corrected chi connectivity index (χ2v) is 5.63. The van der Waals surface area contributed by atoms with Gasteiger partial charge in [-0.05, 0) is 31.9 Å². The molecule has 0 saturated carbocycles. The lowest BCUT2D eigenvalue weighted by molar-refractivity contribution is -0.146. The zero-order valence-corrected chi connectivity index (χ0v) is 12.4. The second-order valence-electron chi connectivity index (χ2n) is 5.63. The van der Waals surface area contributed by atoms with Crippen molar-refractivity contribution < 1.29 is 14.7 Å². The molecule has 0 aliphatic rings. The molecule has 1 aromatic rings. The Balaban J connectivity index is 2.56. The van der Waals surface area contributed by atoms with Crippen LogP contribution in [0.25, 0.3) is 0 Å². The molecule has 0 spiro atoms. The van der Waals surface area contributed by atoms with Crippen molar-refractivity contribution in [2.45, 2.75) is 27.3 Å². The highest BCUT2D eigenvalue weighted by atomic mass is 16.4. The quantitative estimate of drug-likeness (QED) is 0.868. The van der Waals surface area contributed by atoms with E-state index >= 15 is 0 Å². The van der Waals surface area contributed by atoms with Gasteiger partial charge in [0.1, 0.15) is 0 Å². The zero-order valence-electron chi connectivity index (χ0n) is 12.4. The van der Waals surface area contributed by atoms with Crippen LogP contribution in [0.3, 0.4) is 0 Å². The van der Waals surface area contributed by atoms with Gasteiger partial charge in [0.2, 0.25) is 0 Å². The van der Waals surface area contributed by atoms with E-state index in [9.17, 15) is 9.59 Å². The molecule has 0 heterocycles. The molecule has 1 aromatic carbocycles. The fourth-order valence-corrected chi connectivity index (χ4v) is 1.62. The number of carbonyl (C=O) groups excluding carboxylic acids is 1. The van der Waals surface area contributed by atoms with Crippen molar-refractivity contribution in [1.82, 2.24) is 10.2 Å². The van der Waals surface area contributed by atoms with E-state index in [0.29, 0.717) is 6.54 Å². The van der Waals surface area contributed by atoms with Gasteiger partial charge in [0, 0.05) is 20.1 Å². The van der Waals surface area contributed by atoms with Crippen LogP contribution >= 0.6 is 0 Å². The molecule has 2 N–H and O–H groups in total. The van der Waals surface area contributed by atoms with Crippen molar-refractivity contribution in [2.75, 3.05) is 13.6 Å². The lowest BCUT2D eigenvalue weighted by atomic mass is 9.94. The van der Waals surface area contributed by atoms with Gasteiger partial charge in [0.05, 0.1) is 5.41 Å². The number of carbonyl (C=O) groups is 2. The predicted octanol–water partition coefficient (Wildman–Crippen LogP) is 2.25. The maximum Gasteiger partial charge on any atom is 0.317 e. The Kier molecular flexibility index (Phi) is 5.13. The minimum absolute atomic E-state index is 0.0965. The van der Waals surface area contributed by atoms with E-state index in [1.165, 1.54) is 0 Å². The summed E-state index contributed by atoms with van der Waals surface area (Å²) in [6.07, 6.45) is 0. The number of amides is 2.